The standard InChI is InChI=1S/C15H24N2O2/c1-4-5-10-17-15(18)11-19-14-8-6-13(7-9-14)12(2)16-3/h6-9,12,16H,4-5,10-11H2,1-3H3,(H,17,18). The number of carbonyl (C=O) groups excluding carboxylic acids is 1. The summed E-state index contributed by atoms with van der Waals surface area (Å²) in [6, 6.07) is 8.11. The predicted octanol–water partition coefficient (Wildman–Crippen LogP) is 2.26. The summed E-state index contributed by atoms with van der Waals surface area (Å²) in [4.78, 5) is 11.5. The van der Waals surface area contributed by atoms with E-state index in [4.69, 9.17) is 4.74 Å². The number of hydrogen-bond acceptors (Lipinski definition) is 3. The maximum atomic E-state index is 11.5. The van der Waals surface area contributed by atoms with Crippen LogP contribution >= 0.6 is 0 Å². The quantitative estimate of drug-likeness (QED) is 0.708. The molecule has 0 aliphatic rings. The van der Waals surface area contributed by atoms with Crippen LogP contribution in [-0.4, -0.2) is 26.1 Å². The third kappa shape index (κ3) is 5.75. The van der Waals surface area contributed by atoms with Crippen molar-refractivity contribution in [2.45, 2.75) is 32.7 Å². The van der Waals surface area contributed by atoms with Crippen LogP contribution in [0.5, 0.6) is 5.75 Å². The van der Waals surface area contributed by atoms with E-state index >= 15 is 0 Å². The summed E-state index contributed by atoms with van der Waals surface area (Å²) in [5.74, 6) is 0.652. The van der Waals surface area contributed by atoms with Crippen molar-refractivity contribution in [2.24, 2.45) is 0 Å². The summed E-state index contributed by atoms with van der Waals surface area (Å²) >= 11 is 0. The molecule has 0 aliphatic carbocycles. The van der Waals surface area contributed by atoms with E-state index < -0.39 is 0 Å². The first-order chi connectivity index (χ1) is 9.17. The first-order valence-corrected chi connectivity index (χ1v) is 6.84. The number of amides is 1. The van der Waals surface area contributed by atoms with Crippen molar-refractivity contribution in [3.63, 3.8) is 0 Å². The van der Waals surface area contributed by atoms with Gasteiger partial charge in [-0.25, -0.2) is 0 Å². The van der Waals surface area contributed by atoms with Crippen LogP contribution in [0.2, 0.25) is 0 Å². The third-order valence-corrected chi connectivity index (χ3v) is 3.04. The smallest absolute Gasteiger partial charge is 0.257 e. The van der Waals surface area contributed by atoms with Crippen molar-refractivity contribution >= 4 is 5.91 Å². The van der Waals surface area contributed by atoms with Gasteiger partial charge in [0.25, 0.3) is 5.91 Å². The SMILES string of the molecule is CCCCNC(=O)COc1ccc(C(C)NC)cc1. The Morgan fingerprint density at radius 1 is 1.32 bits per heavy atom. The molecule has 1 unspecified atom stereocenters. The third-order valence-electron chi connectivity index (χ3n) is 3.04. The van der Waals surface area contributed by atoms with Gasteiger partial charge in [-0.3, -0.25) is 4.79 Å². The van der Waals surface area contributed by atoms with E-state index in [1.165, 1.54) is 5.56 Å². The molecule has 0 spiro atoms. The Morgan fingerprint density at radius 2 is 2.00 bits per heavy atom. The van der Waals surface area contributed by atoms with Gasteiger partial charge in [0.1, 0.15) is 5.75 Å². The van der Waals surface area contributed by atoms with Gasteiger partial charge in [-0.15, -0.1) is 0 Å². The highest BCUT2D eigenvalue weighted by Crippen LogP contribution is 2.17. The van der Waals surface area contributed by atoms with Crippen LogP contribution in [0.1, 0.15) is 38.3 Å². The van der Waals surface area contributed by atoms with Crippen molar-refractivity contribution in [1.29, 1.82) is 0 Å². The van der Waals surface area contributed by atoms with E-state index in [1.807, 2.05) is 31.3 Å². The van der Waals surface area contributed by atoms with Crippen LogP contribution in [0.25, 0.3) is 0 Å². The average molecular weight is 264 g/mol. The second-order valence-corrected chi connectivity index (χ2v) is 4.57. The van der Waals surface area contributed by atoms with Gasteiger partial charge in [-0.05, 0) is 38.1 Å². The zero-order valence-electron chi connectivity index (χ0n) is 12.0. The molecule has 1 amide bonds. The van der Waals surface area contributed by atoms with E-state index in [0.717, 1.165) is 25.1 Å². The lowest BCUT2D eigenvalue weighted by molar-refractivity contribution is -0.123. The van der Waals surface area contributed by atoms with E-state index in [-0.39, 0.29) is 12.5 Å². The molecule has 1 aromatic rings. The van der Waals surface area contributed by atoms with Crippen molar-refractivity contribution in [3.8, 4) is 5.75 Å². The first kappa shape index (κ1) is 15.5. The summed E-state index contributed by atoms with van der Waals surface area (Å²) in [5.41, 5.74) is 1.20. The van der Waals surface area contributed by atoms with Crippen molar-refractivity contribution in [1.82, 2.24) is 10.6 Å². The maximum absolute atomic E-state index is 11.5. The second-order valence-electron chi connectivity index (χ2n) is 4.57. The van der Waals surface area contributed by atoms with Crippen LogP contribution in [0.3, 0.4) is 0 Å². The number of benzene rings is 1. The summed E-state index contributed by atoms with van der Waals surface area (Å²) in [6.07, 6.45) is 2.08. The molecule has 0 aliphatic heterocycles. The monoisotopic (exact) mass is 264 g/mol. The number of carbonyl (C=O) groups is 1. The molecule has 4 nitrogen and oxygen atoms in total. The molecular weight excluding hydrogens is 240 g/mol. The minimum Gasteiger partial charge on any atom is -0.484 e. The number of rotatable bonds is 8. The molecule has 2 N–H and O–H groups in total. The summed E-state index contributed by atoms with van der Waals surface area (Å²) in [5, 5.41) is 5.99. The second kappa shape index (κ2) is 8.53. The molecule has 19 heavy (non-hydrogen) atoms. The van der Waals surface area contributed by atoms with Crippen molar-refractivity contribution < 1.29 is 9.53 Å². The molecule has 1 aromatic carbocycles. The van der Waals surface area contributed by atoms with E-state index in [1.54, 1.807) is 0 Å². The van der Waals surface area contributed by atoms with Crippen LogP contribution in [-0.2, 0) is 4.79 Å². The number of nitrogens with one attached hydrogen (secondary N) is 2. The number of ether oxygens (including phenoxy) is 1. The molecule has 0 aromatic heterocycles. The summed E-state index contributed by atoms with van der Waals surface area (Å²) < 4.78 is 5.43. The van der Waals surface area contributed by atoms with Crippen LogP contribution in [0.15, 0.2) is 24.3 Å². The van der Waals surface area contributed by atoms with Gasteiger partial charge in [0.05, 0.1) is 0 Å². The average Bonchev–Trinajstić information content (AvgIpc) is 2.45. The molecule has 0 radical (unpaired) electrons. The van der Waals surface area contributed by atoms with Gasteiger partial charge in [0, 0.05) is 12.6 Å². The predicted molar refractivity (Wildman–Crippen MR) is 77.3 cm³/mol. The van der Waals surface area contributed by atoms with Gasteiger partial charge in [-0.1, -0.05) is 25.5 Å². The zero-order valence-corrected chi connectivity index (χ0v) is 12.0. The lowest BCUT2D eigenvalue weighted by Gasteiger charge is -2.11. The molecule has 0 heterocycles. The lowest BCUT2D eigenvalue weighted by atomic mass is 10.1. The van der Waals surface area contributed by atoms with Gasteiger partial charge in [0.15, 0.2) is 6.61 Å². The number of unbranched alkanes of at least 4 members (excludes halogenated alkanes) is 1. The van der Waals surface area contributed by atoms with Crippen LogP contribution in [0, 0.1) is 0 Å². The highest BCUT2D eigenvalue weighted by atomic mass is 16.5. The highest BCUT2D eigenvalue weighted by Gasteiger charge is 2.04. The van der Waals surface area contributed by atoms with Gasteiger partial charge in [-0.2, -0.15) is 0 Å². The van der Waals surface area contributed by atoms with Gasteiger partial charge >= 0.3 is 0 Å². The fraction of sp³-hybridized carbons (Fsp3) is 0.533. The van der Waals surface area contributed by atoms with E-state index in [2.05, 4.69) is 24.5 Å². The molecule has 1 atom stereocenters. The molecule has 0 saturated carbocycles. The summed E-state index contributed by atoms with van der Waals surface area (Å²) in [7, 11) is 1.93. The number of hydrogen-bond donors (Lipinski definition) is 2. The first-order valence-electron chi connectivity index (χ1n) is 6.84. The Labute approximate surface area is 115 Å². The fourth-order valence-electron chi connectivity index (χ4n) is 1.62. The maximum Gasteiger partial charge on any atom is 0.257 e. The van der Waals surface area contributed by atoms with Crippen LogP contribution in [0.4, 0.5) is 0 Å². The zero-order chi connectivity index (χ0) is 14.1. The highest BCUT2D eigenvalue weighted by molar-refractivity contribution is 5.77. The molecule has 106 valence electrons. The Kier molecular flexibility index (Phi) is 6.97. The lowest BCUT2D eigenvalue weighted by Crippen LogP contribution is -2.29. The Hall–Kier alpha value is -1.55. The normalized spacial score (nSPS) is 11.9. The summed E-state index contributed by atoms with van der Waals surface area (Å²) in [6.45, 7) is 4.98. The van der Waals surface area contributed by atoms with Crippen molar-refractivity contribution in [3.05, 3.63) is 29.8 Å². The molecule has 0 bridgehead atoms. The molecule has 4 heteroatoms. The molecule has 0 saturated heterocycles. The molecule has 1 rings (SSSR count). The van der Waals surface area contributed by atoms with E-state index in [9.17, 15) is 4.79 Å². The van der Waals surface area contributed by atoms with E-state index in [0.29, 0.717) is 6.04 Å². The Morgan fingerprint density at radius 3 is 2.58 bits per heavy atom. The Bertz CT molecular complexity index is 376. The fourth-order valence-corrected chi connectivity index (χ4v) is 1.62. The topological polar surface area (TPSA) is 50.4 Å². The largest absolute Gasteiger partial charge is 0.484 e. The van der Waals surface area contributed by atoms with Crippen molar-refractivity contribution in [2.75, 3.05) is 20.2 Å². The molecular formula is C15H24N2O2. The minimum atomic E-state index is -0.0684. The Balaban J connectivity index is 2.35. The van der Waals surface area contributed by atoms with Gasteiger partial charge < -0.3 is 15.4 Å². The molecule has 0 fully saturated rings. The van der Waals surface area contributed by atoms with Gasteiger partial charge in [0.2, 0.25) is 0 Å². The minimum absolute atomic E-state index is 0.0684. The van der Waals surface area contributed by atoms with Crippen LogP contribution < -0.4 is 15.4 Å².